The van der Waals surface area contributed by atoms with Gasteiger partial charge in [-0.05, 0) is 50.7 Å². The predicted molar refractivity (Wildman–Crippen MR) is 129 cm³/mol. The summed E-state index contributed by atoms with van der Waals surface area (Å²) in [6.45, 7) is 4.92. The van der Waals surface area contributed by atoms with Crippen molar-refractivity contribution in [2.45, 2.75) is 57.7 Å². The highest BCUT2D eigenvalue weighted by molar-refractivity contribution is 7.99. The smallest absolute Gasteiger partial charge is 0.251 e. The van der Waals surface area contributed by atoms with E-state index in [1.807, 2.05) is 25.1 Å². The van der Waals surface area contributed by atoms with Crippen LogP contribution in [0.25, 0.3) is 11.4 Å². The lowest BCUT2D eigenvalue weighted by molar-refractivity contribution is -0.113. The Morgan fingerprint density at radius 2 is 2.06 bits per heavy atom. The maximum Gasteiger partial charge on any atom is 0.251 e. The van der Waals surface area contributed by atoms with Gasteiger partial charge >= 0.3 is 0 Å². The lowest BCUT2D eigenvalue weighted by Gasteiger charge is -2.11. The van der Waals surface area contributed by atoms with Crippen molar-refractivity contribution in [3.05, 3.63) is 45.8 Å². The largest absolute Gasteiger partial charge is 0.365 e. The van der Waals surface area contributed by atoms with E-state index in [4.69, 9.17) is 5.73 Å². The fourth-order valence-electron chi connectivity index (χ4n) is 4.03. The highest BCUT2D eigenvalue weighted by Crippen LogP contribution is 2.38. The summed E-state index contributed by atoms with van der Waals surface area (Å²) in [5, 5.41) is 12.9. The molecule has 1 aromatic carbocycles. The Labute approximate surface area is 195 Å². The number of amides is 2. The second kappa shape index (κ2) is 9.87. The first-order chi connectivity index (χ1) is 15.5. The second-order valence-electron chi connectivity index (χ2n) is 7.94. The number of thioether (sulfide) groups is 1. The molecular weight excluding hydrogens is 442 g/mol. The number of aryl methyl sites for hydroxylation is 2. The molecule has 0 spiro atoms. The SMILES string of the molecule is CCCn1c(SCC(=O)Nc2sc3c(c2C(N)=O)CCCC3)nnc1-c1cccc(C)c1. The summed E-state index contributed by atoms with van der Waals surface area (Å²) in [5.41, 5.74) is 9.31. The molecule has 4 rings (SSSR count). The number of carbonyl (C=O) groups is 2. The van der Waals surface area contributed by atoms with Crippen molar-refractivity contribution in [3.63, 3.8) is 0 Å². The molecule has 7 nitrogen and oxygen atoms in total. The van der Waals surface area contributed by atoms with Crippen molar-refractivity contribution < 1.29 is 9.59 Å². The topological polar surface area (TPSA) is 103 Å². The van der Waals surface area contributed by atoms with Crippen molar-refractivity contribution in [1.82, 2.24) is 14.8 Å². The van der Waals surface area contributed by atoms with Crippen molar-refractivity contribution in [3.8, 4) is 11.4 Å². The quantitative estimate of drug-likeness (QED) is 0.475. The van der Waals surface area contributed by atoms with Gasteiger partial charge in [0.1, 0.15) is 5.00 Å². The molecule has 9 heteroatoms. The molecule has 1 aliphatic carbocycles. The molecule has 0 bridgehead atoms. The first-order valence-electron chi connectivity index (χ1n) is 10.8. The number of aromatic nitrogens is 3. The van der Waals surface area contributed by atoms with Crippen LogP contribution < -0.4 is 11.1 Å². The minimum absolute atomic E-state index is 0.177. The third-order valence-corrected chi connectivity index (χ3v) is 7.62. The van der Waals surface area contributed by atoms with Gasteiger partial charge in [-0.2, -0.15) is 0 Å². The summed E-state index contributed by atoms with van der Waals surface area (Å²) in [7, 11) is 0. The minimum atomic E-state index is -0.474. The van der Waals surface area contributed by atoms with E-state index in [2.05, 4.69) is 33.1 Å². The van der Waals surface area contributed by atoms with Gasteiger partial charge in [0.2, 0.25) is 5.91 Å². The van der Waals surface area contributed by atoms with E-state index in [0.29, 0.717) is 15.7 Å². The van der Waals surface area contributed by atoms with Crippen molar-refractivity contribution >= 4 is 39.9 Å². The molecule has 0 aliphatic heterocycles. The average molecular weight is 470 g/mol. The molecule has 32 heavy (non-hydrogen) atoms. The fourth-order valence-corrected chi connectivity index (χ4v) is 6.10. The van der Waals surface area contributed by atoms with Crippen LogP contribution in [0.5, 0.6) is 0 Å². The molecule has 3 N–H and O–H groups in total. The van der Waals surface area contributed by atoms with Crippen LogP contribution in [0.4, 0.5) is 5.00 Å². The monoisotopic (exact) mass is 469 g/mol. The number of primary amides is 1. The van der Waals surface area contributed by atoms with Gasteiger partial charge in [-0.3, -0.25) is 9.59 Å². The molecule has 3 aromatic rings. The first-order valence-corrected chi connectivity index (χ1v) is 12.6. The minimum Gasteiger partial charge on any atom is -0.365 e. The van der Waals surface area contributed by atoms with Gasteiger partial charge in [-0.15, -0.1) is 21.5 Å². The van der Waals surface area contributed by atoms with Crippen LogP contribution in [0.3, 0.4) is 0 Å². The number of fused-ring (bicyclic) bond motifs is 1. The normalized spacial score (nSPS) is 13.1. The third kappa shape index (κ3) is 4.73. The number of nitrogens with one attached hydrogen (secondary N) is 1. The molecule has 0 unspecified atom stereocenters. The number of nitrogens with zero attached hydrogens (tertiary/aromatic N) is 3. The Morgan fingerprint density at radius 3 is 2.81 bits per heavy atom. The maximum absolute atomic E-state index is 12.7. The van der Waals surface area contributed by atoms with Crippen molar-refractivity contribution in [2.75, 3.05) is 11.1 Å². The van der Waals surface area contributed by atoms with Gasteiger partial charge < -0.3 is 15.6 Å². The standard InChI is InChI=1S/C23H27N5O2S2/c1-3-11-28-21(15-8-6-7-14(2)12-15)26-27-23(28)31-13-18(29)25-22-19(20(24)30)16-9-4-5-10-17(16)32-22/h6-8,12H,3-5,9-11,13H2,1-2H3,(H2,24,30)(H,25,29). The summed E-state index contributed by atoms with van der Waals surface area (Å²) in [6, 6.07) is 8.16. The van der Waals surface area contributed by atoms with Crippen LogP contribution >= 0.6 is 23.1 Å². The fraction of sp³-hybridized carbons (Fsp3) is 0.391. The lowest BCUT2D eigenvalue weighted by Crippen LogP contribution is -2.19. The number of nitrogens with two attached hydrogens (primary N) is 1. The molecule has 2 aromatic heterocycles. The summed E-state index contributed by atoms with van der Waals surface area (Å²) in [5.74, 6) is 0.327. The number of benzene rings is 1. The number of hydrogen-bond acceptors (Lipinski definition) is 6. The van der Waals surface area contributed by atoms with Crippen LogP contribution in [0.2, 0.25) is 0 Å². The van der Waals surface area contributed by atoms with Gasteiger partial charge in [-0.1, -0.05) is 42.4 Å². The van der Waals surface area contributed by atoms with Gasteiger partial charge in [-0.25, -0.2) is 0 Å². The summed E-state index contributed by atoms with van der Waals surface area (Å²) < 4.78 is 2.06. The number of hydrogen-bond donors (Lipinski definition) is 2. The Morgan fingerprint density at radius 1 is 1.25 bits per heavy atom. The van der Waals surface area contributed by atoms with Crippen molar-refractivity contribution in [1.29, 1.82) is 0 Å². The van der Waals surface area contributed by atoms with E-state index in [-0.39, 0.29) is 11.7 Å². The Bertz CT molecular complexity index is 1150. The number of anilines is 1. The molecule has 168 valence electrons. The highest BCUT2D eigenvalue weighted by atomic mass is 32.2. The van der Waals surface area contributed by atoms with E-state index in [0.717, 1.165) is 61.2 Å². The van der Waals surface area contributed by atoms with Crippen LogP contribution in [0, 0.1) is 6.92 Å². The number of thiophene rings is 1. The average Bonchev–Trinajstić information content (AvgIpc) is 3.33. The summed E-state index contributed by atoms with van der Waals surface area (Å²) in [4.78, 5) is 25.9. The Balaban J connectivity index is 1.49. The van der Waals surface area contributed by atoms with Crippen LogP contribution in [0.15, 0.2) is 29.4 Å². The number of carbonyl (C=O) groups excluding carboxylic acids is 2. The van der Waals surface area contributed by atoms with Crippen LogP contribution in [0.1, 0.15) is 52.5 Å². The highest BCUT2D eigenvalue weighted by Gasteiger charge is 2.25. The van der Waals surface area contributed by atoms with E-state index < -0.39 is 5.91 Å². The zero-order valence-electron chi connectivity index (χ0n) is 18.3. The molecular formula is C23H27N5O2S2. The van der Waals surface area contributed by atoms with Gasteiger partial charge in [0.25, 0.3) is 5.91 Å². The molecule has 1 aliphatic rings. The number of rotatable bonds is 8. The van der Waals surface area contributed by atoms with E-state index in [9.17, 15) is 9.59 Å². The van der Waals surface area contributed by atoms with Crippen LogP contribution in [-0.2, 0) is 24.2 Å². The van der Waals surface area contributed by atoms with Gasteiger partial charge in [0.15, 0.2) is 11.0 Å². The first kappa shape index (κ1) is 22.5. The molecule has 0 saturated carbocycles. The Hall–Kier alpha value is -2.65. The van der Waals surface area contributed by atoms with Gasteiger partial charge in [0, 0.05) is 17.0 Å². The summed E-state index contributed by atoms with van der Waals surface area (Å²) >= 11 is 2.83. The van der Waals surface area contributed by atoms with E-state index in [1.165, 1.54) is 28.0 Å². The van der Waals surface area contributed by atoms with Gasteiger partial charge in [0.05, 0.1) is 11.3 Å². The lowest BCUT2D eigenvalue weighted by atomic mass is 9.95. The molecule has 0 radical (unpaired) electrons. The summed E-state index contributed by atoms with van der Waals surface area (Å²) in [6.07, 6.45) is 4.86. The molecule has 0 saturated heterocycles. The molecule has 2 heterocycles. The van der Waals surface area contributed by atoms with Crippen molar-refractivity contribution in [2.24, 2.45) is 5.73 Å². The molecule has 2 amide bonds. The zero-order chi connectivity index (χ0) is 22.7. The van der Waals surface area contributed by atoms with E-state index >= 15 is 0 Å². The third-order valence-electron chi connectivity index (χ3n) is 5.44. The van der Waals surface area contributed by atoms with E-state index in [1.54, 1.807) is 0 Å². The maximum atomic E-state index is 12.7. The zero-order valence-corrected chi connectivity index (χ0v) is 19.9. The molecule has 0 fully saturated rings. The van der Waals surface area contributed by atoms with Crippen LogP contribution in [-0.4, -0.2) is 32.3 Å². The Kier molecular flexibility index (Phi) is 6.95. The predicted octanol–water partition coefficient (Wildman–Crippen LogP) is 4.43. The second-order valence-corrected chi connectivity index (χ2v) is 9.99. The molecule has 0 atom stereocenters.